The first-order chi connectivity index (χ1) is 14.0. The number of methoxy groups -OCH3 is 1. The highest BCUT2D eigenvalue weighted by Gasteiger charge is 2.23. The van der Waals surface area contributed by atoms with E-state index in [1.165, 1.54) is 7.11 Å². The highest BCUT2D eigenvalue weighted by atomic mass is 35.5. The summed E-state index contributed by atoms with van der Waals surface area (Å²) in [6.45, 7) is 3.88. The van der Waals surface area contributed by atoms with Gasteiger partial charge in [-0.2, -0.15) is 0 Å². The van der Waals surface area contributed by atoms with Gasteiger partial charge in [0.25, 0.3) is 5.56 Å². The second kappa shape index (κ2) is 7.87. The minimum Gasteiger partial charge on any atom is -0.465 e. The minimum atomic E-state index is -0.455. The van der Waals surface area contributed by atoms with Gasteiger partial charge in [-0.3, -0.25) is 4.79 Å². The zero-order chi connectivity index (χ0) is 20.5. The summed E-state index contributed by atoms with van der Waals surface area (Å²) in [6.07, 6.45) is 2.08. The number of ether oxygens (including phenoxy) is 1. The van der Waals surface area contributed by atoms with Crippen molar-refractivity contribution in [3.63, 3.8) is 0 Å². The number of rotatable bonds is 3. The van der Waals surface area contributed by atoms with Crippen molar-refractivity contribution in [3.8, 4) is 5.69 Å². The maximum Gasteiger partial charge on any atom is 0.337 e. The van der Waals surface area contributed by atoms with Gasteiger partial charge in [-0.25, -0.2) is 14.3 Å². The van der Waals surface area contributed by atoms with Crippen molar-refractivity contribution in [2.75, 3.05) is 25.1 Å². The molecular weight excluding hydrogens is 390 g/mol. The van der Waals surface area contributed by atoms with Crippen molar-refractivity contribution in [2.45, 2.75) is 19.8 Å². The van der Waals surface area contributed by atoms with Gasteiger partial charge in [-0.15, -0.1) is 0 Å². The van der Waals surface area contributed by atoms with E-state index in [0.717, 1.165) is 25.9 Å². The van der Waals surface area contributed by atoms with E-state index in [9.17, 15) is 9.59 Å². The first-order valence-corrected chi connectivity index (χ1v) is 10.0. The van der Waals surface area contributed by atoms with Gasteiger partial charge in [0.1, 0.15) is 0 Å². The fraction of sp³-hybridized carbons (Fsp3) is 0.318. The van der Waals surface area contributed by atoms with Gasteiger partial charge in [0.15, 0.2) is 0 Å². The van der Waals surface area contributed by atoms with Crippen molar-refractivity contribution >= 4 is 34.4 Å². The van der Waals surface area contributed by atoms with Crippen LogP contribution in [0, 0.1) is 5.92 Å². The summed E-state index contributed by atoms with van der Waals surface area (Å²) in [5, 5.41) is 1.05. The SMILES string of the molecule is COC(=O)c1ccc2c(=O)n(-c3ccc(Cl)cc3)c(N3CCC(C)CC3)nc2c1. The Morgan fingerprint density at radius 1 is 1.14 bits per heavy atom. The average molecular weight is 412 g/mol. The molecule has 150 valence electrons. The lowest BCUT2D eigenvalue weighted by Gasteiger charge is -2.32. The number of hydrogen-bond donors (Lipinski definition) is 0. The van der Waals surface area contributed by atoms with Crippen molar-refractivity contribution in [3.05, 3.63) is 63.4 Å². The van der Waals surface area contributed by atoms with E-state index in [1.54, 1.807) is 34.9 Å². The number of aromatic nitrogens is 2. The van der Waals surface area contributed by atoms with Crippen molar-refractivity contribution in [1.29, 1.82) is 0 Å². The molecule has 1 saturated heterocycles. The second-order valence-electron chi connectivity index (χ2n) is 7.42. The summed E-state index contributed by atoms with van der Waals surface area (Å²) in [5.74, 6) is 0.774. The lowest BCUT2D eigenvalue weighted by molar-refractivity contribution is 0.0601. The molecule has 0 atom stereocenters. The van der Waals surface area contributed by atoms with Crippen LogP contribution in [0.15, 0.2) is 47.3 Å². The lowest BCUT2D eigenvalue weighted by atomic mass is 9.99. The summed E-state index contributed by atoms with van der Waals surface area (Å²) in [4.78, 5) is 32.3. The van der Waals surface area contributed by atoms with Crippen LogP contribution in [0.4, 0.5) is 5.95 Å². The first-order valence-electron chi connectivity index (χ1n) is 9.64. The van der Waals surface area contributed by atoms with E-state index in [1.807, 2.05) is 12.1 Å². The highest BCUT2D eigenvalue weighted by Crippen LogP contribution is 2.25. The van der Waals surface area contributed by atoms with Crippen LogP contribution in [0.5, 0.6) is 0 Å². The summed E-state index contributed by atoms with van der Waals surface area (Å²) in [6, 6.07) is 12.0. The monoisotopic (exact) mass is 411 g/mol. The Balaban J connectivity index is 1.94. The molecule has 1 fully saturated rings. The number of carbonyl (C=O) groups is 1. The zero-order valence-electron chi connectivity index (χ0n) is 16.4. The van der Waals surface area contributed by atoms with Crippen LogP contribution in [-0.4, -0.2) is 35.7 Å². The predicted octanol–water partition coefficient (Wildman–Crippen LogP) is 4.06. The molecule has 0 radical (unpaired) electrons. The van der Waals surface area contributed by atoms with Gasteiger partial charge >= 0.3 is 5.97 Å². The maximum absolute atomic E-state index is 13.4. The molecular formula is C22H22ClN3O3. The van der Waals surface area contributed by atoms with Crippen molar-refractivity contribution in [1.82, 2.24) is 9.55 Å². The number of hydrogen-bond acceptors (Lipinski definition) is 5. The smallest absolute Gasteiger partial charge is 0.337 e. The normalized spacial score (nSPS) is 14.9. The number of benzene rings is 2. The predicted molar refractivity (Wildman–Crippen MR) is 114 cm³/mol. The molecule has 1 aromatic heterocycles. The van der Waals surface area contributed by atoms with E-state index >= 15 is 0 Å². The Bertz CT molecular complexity index is 1120. The molecule has 2 heterocycles. The summed E-state index contributed by atoms with van der Waals surface area (Å²) >= 11 is 6.04. The largest absolute Gasteiger partial charge is 0.465 e. The average Bonchev–Trinajstić information content (AvgIpc) is 2.74. The molecule has 6 nitrogen and oxygen atoms in total. The van der Waals surface area contributed by atoms with Crippen LogP contribution in [0.25, 0.3) is 16.6 Å². The fourth-order valence-corrected chi connectivity index (χ4v) is 3.79. The van der Waals surface area contributed by atoms with Crippen LogP contribution >= 0.6 is 11.6 Å². The van der Waals surface area contributed by atoms with Gasteiger partial charge < -0.3 is 9.64 Å². The lowest BCUT2D eigenvalue weighted by Crippen LogP contribution is -2.38. The van der Waals surface area contributed by atoms with Crippen LogP contribution in [-0.2, 0) is 4.74 Å². The quantitative estimate of drug-likeness (QED) is 0.608. The van der Waals surface area contributed by atoms with E-state index < -0.39 is 5.97 Å². The minimum absolute atomic E-state index is 0.178. The number of carbonyl (C=O) groups excluding carboxylic acids is 1. The molecule has 2 aromatic carbocycles. The molecule has 7 heteroatoms. The Morgan fingerprint density at radius 3 is 2.48 bits per heavy atom. The number of esters is 1. The molecule has 1 aliphatic rings. The Labute approximate surface area is 173 Å². The van der Waals surface area contributed by atoms with E-state index in [-0.39, 0.29) is 5.56 Å². The molecule has 0 spiro atoms. The van der Waals surface area contributed by atoms with Crippen LogP contribution in [0.2, 0.25) is 5.02 Å². The molecule has 29 heavy (non-hydrogen) atoms. The van der Waals surface area contributed by atoms with Gasteiger partial charge in [0, 0.05) is 18.1 Å². The summed E-state index contributed by atoms with van der Waals surface area (Å²) in [7, 11) is 1.33. The number of anilines is 1. The van der Waals surface area contributed by atoms with Crippen LogP contribution in [0.3, 0.4) is 0 Å². The summed E-state index contributed by atoms with van der Waals surface area (Å²) < 4.78 is 6.44. The van der Waals surface area contributed by atoms with Gasteiger partial charge in [-0.1, -0.05) is 18.5 Å². The van der Waals surface area contributed by atoms with Crippen molar-refractivity contribution < 1.29 is 9.53 Å². The molecule has 3 aromatic rings. The third kappa shape index (κ3) is 3.72. The Kier molecular flexibility index (Phi) is 5.28. The molecule has 1 aliphatic heterocycles. The molecule has 0 N–H and O–H groups in total. The molecule has 4 rings (SSSR count). The van der Waals surface area contributed by atoms with Gasteiger partial charge in [0.2, 0.25) is 5.95 Å². The molecule has 0 saturated carbocycles. The highest BCUT2D eigenvalue weighted by molar-refractivity contribution is 6.30. The third-order valence-electron chi connectivity index (χ3n) is 5.42. The Hall–Kier alpha value is -2.86. The maximum atomic E-state index is 13.4. The summed E-state index contributed by atoms with van der Waals surface area (Å²) in [5.41, 5.74) is 1.38. The van der Waals surface area contributed by atoms with Crippen molar-refractivity contribution in [2.24, 2.45) is 5.92 Å². The second-order valence-corrected chi connectivity index (χ2v) is 7.86. The first kappa shape index (κ1) is 19.5. The third-order valence-corrected chi connectivity index (χ3v) is 5.68. The molecule has 0 bridgehead atoms. The number of piperidine rings is 1. The Morgan fingerprint density at radius 2 is 1.83 bits per heavy atom. The van der Waals surface area contributed by atoms with E-state index in [0.29, 0.717) is 39.0 Å². The standard InChI is InChI=1S/C22H22ClN3O3/c1-14-9-11-25(12-10-14)22-24-19-13-15(21(28)29-2)3-8-18(19)20(27)26(22)17-6-4-16(23)5-7-17/h3-8,13-14H,9-12H2,1-2H3. The topological polar surface area (TPSA) is 64.4 Å². The molecule has 0 aliphatic carbocycles. The van der Waals surface area contributed by atoms with Gasteiger partial charge in [0.05, 0.1) is 29.3 Å². The van der Waals surface area contributed by atoms with Crippen LogP contribution < -0.4 is 10.5 Å². The van der Waals surface area contributed by atoms with E-state index in [2.05, 4.69) is 11.8 Å². The number of nitrogens with zero attached hydrogens (tertiary/aromatic N) is 3. The van der Waals surface area contributed by atoms with Gasteiger partial charge in [-0.05, 0) is 61.2 Å². The number of fused-ring (bicyclic) bond motifs is 1. The number of halogens is 1. The fourth-order valence-electron chi connectivity index (χ4n) is 3.66. The molecule has 0 amide bonds. The van der Waals surface area contributed by atoms with E-state index in [4.69, 9.17) is 21.3 Å². The zero-order valence-corrected chi connectivity index (χ0v) is 17.1. The van der Waals surface area contributed by atoms with Crippen LogP contribution in [0.1, 0.15) is 30.1 Å². The molecule has 0 unspecified atom stereocenters.